The van der Waals surface area contributed by atoms with Crippen LogP contribution in [0.15, 0.2) is 48.9 Å². The number of carbonyl (C=O) groups is 1. The van der Waals surface area contributed by atoms with Gasteiger partial charge in [-0.05, 0) is 25.0 Å². The number of halogens is 1. The van der Waals surface area contributed by atoms with Gasteiger partial charge in [-0.25, -0.2) is 9.37 Å². The van der Waals surface area contributed by atoms with Gasteiger partial charge in [0.2, 0.25) is 0 Å². The van der Waals surface area contributed by atoms with E-state index in [-0.39, 0.29) is 17.2 Å². The lowest BCUT2D eigenvalue weighted by Gasteiger charge is -2.11. The smallest absolute Gasteiger partial charge is 0.252 e. The van der Waals surface area contributed by atoms with Crippen LogP contribution in [0.3, 0.4) is 0 Å². The highest BCUT2D eigenvalue weighted by Gasteiger charge is 2.15. The van der Waals surface area contributed by atoms with Crippen molar-refractivity contribution >= 4 is 11.7 Å². The summed E-state index contributed by atoms with van der Waals surface area (Å²) in [4.78, 5) is 15.0. The lowest BCUT2D eigenvalue weighted by atomic mass is 10.1. The molecule has 0 saturated heterocycles. The van der Waals surface area contributed by atoms with Gasteiger partial charge in [-0.2, -0.15) is 5.10 Å². The molecule has 0 bridgehead atoms. The summed E-state index contributed by atoms with van der Waals surface area (Å²) in [6.45, 7) is 0.414. The number of nitrogens with zero attached hydrogens (tertiary/aromatic N) is 3. The van der Waals surface area contributed by atoms with Crippen molar-refractivity contribution in [3.05, 3.63) is 65.9 Å². The highest BCUT2D eigenvalue weighted by Crippen LogP contribution is 2.23. The number of hydrogen-bond acceptors (Lipinski definition) is 5. The van der Waals surface area contributed by atoms with Crippen LogP contribution in [0.4, 0.5) is 10.2 Å². The molecule has 7 nitrogen and oxygen atoms in total. The maximum atomic E-state index is 13.2. The quantitative estimate of drug-likeness (QED) is 0.668. The minimum atomic E-state index is -0.587. The van der Waals surface area contributed by atoms with Gasteiger partial charge in [0.25, 0.3) is 5.91 Å². The van der Waals surface area contributed by atoms with E-state index in [1.807, 2.05) is 19.3 Å². The van der Waals surface area contributed by atoms with Crippen molar-refractivity contribution in [1.29, 1.82) is 0 Å². The second kappa shape index (κ2) is 9.98. The fraction of sp³-hybridized carbons (Fsp3) is 0.318. The normalized spacial score (nSPS) is 13.7. The molecule has 158 valence electrons. The van der Waals surface area contributed by atoms with Crippen LogP contribution >= 0.6 is 0 Å². The van der Waals surface area contributed by atoms with Gasteiger partial charge in [0.05, 0.1) is 24.5 Å². The summed E-state index contributed by atoms with van der Waals surface area (Å²) in [5.74, 6) is -0.610. The minimum Gasteiger partial charge on any atom is -0.383 e. The third kappa shape index (κ3) is 5.64. The summed E-state index contributed by atoms with van der Waals surface area (Å²) in [5.41, 5.74) is 13.2. The van der Waals surface area contributed by atoms with Crippen LogP contribution in [0.1, 0.15) is 41.6 Å². The Kier molecular flexibility index (Phi) is 7.13. The summed E-state index contributed by atoms with van der Waals surface area (Å²) in [7, 11) is 1.81. The Morgan fingerprint density at radius 3 is 2.60 bits per heavy atom. The Morgan fingerprint density at radius 2 is 1.97 bits per heavy atom. The number of anilines is 1. The topological polar surface area (TPSA) is 109 Å². The number of rotatable bonds is 5. The number of ether oxygens (including phenoxy) is 1. The number of primary amides is 1. The number of nitrogens with two attached hydrogens (primary N) is 2. The van der Waals surface area contributed by atoms with Crippen LogP contribution in [0.2, 0.25) is 0 Å². The number of amides is 1. The van der Waals surface area contributed by atoms with Crippen molar-refractivity contribution in [2.24, 2.45) is 12.8 Å². The summed E-state index contributed by atoms with van der Waals surface area (Å²) in [5, 5.41) is 4.03. The molecule has 0 radical (unpaired) electrons. The largest absolute Gasteiger partial charge is 0.383 e. The first-order chi connectivity index (χ1) is 14.4. The molecular formula is C22H26FN5O2. The minimum absolute atomic E-state index is 0.139. The Morgan fingerprint density at radius 1 is 1.23 bits per heavy atom. The lowest BCUT2D eigenvalue weighted by Crippen LogP contribution is -2.14. The summed E-state index contributed by atoms with van der Waals surface area (Å²) < 4.78 is 20.5. The Balaban J connectivity index is 0.000000172. The van der Waals surface area contributed by atoms with Gasteiger partial charge < -0.3 is 16.2 Å². The predicted molar refractivity (Wildman–Crippen MR) is 113 cm³/mol. The highest BCUT2D eigenvalue weighted by molar-refractivity contribution is 5.98. The molecule has 1 aliphatic rings. The van der Waals surface area contributed by atoms with Crippen LogP contribution in [0.25, 0.3) is 11.1 Å². The van der Waals surface area contributed by atoms with E-state index in [1.165, 1.54) is 18.9 Å². The Bertz CT molecular complexity index is 999. The van der Waals surface area contributed by atoms with Crippen LogP contribution in [0.5, 0.6) is 0 Å². The van der Waals surface area contributed by atoms with E-state index in [1.54, 1.807) is 35.3 Å². The first-order valence-corrected chi connectivity index (χ1v) is 9.83. The van der Waals surface area contributed by atoms with Crippen LogP contribution in [-0.2, 0) is 18.4 Å². The zero-order valence-corrected chi connectivity index (χ0v) is 16.9. The third-order valence-electron chi connectivity index (χ3n) is 4.96. The second-order valence-electron chi connectivity index (χ2n) is 7.23. The maximum Gasteiger partial charge on any atom is 0.252 e. The standard InChI is InChI=1S/C12H15FO.C10H11N5O/c13-12-8-4-1-5-10(12)9-14-11-6-2-3-7-11;1-15-5-7(4-14-15)6-2-8(10(12)16)9(11)13-3-6/h1,4-5,8,11H,2-3,6-7,9H2;2-5H,1H3,(H2,11,13)(H2,12,16). The molecule has 0 spiro atoms. The molecule has 0 unspecified atom stereocenters. The zero-order valence-electron chi connectivity index (χ0n) is 16.9. The van der Waals surface area contributed by atoms with Crippen molar-refractivity contribution in [3.8, 4) is 11.1 Å². The molecule has 2 aromatic heterocycles. The lowest BCUT2D eigenvalue weighted by molar-refractivity contribution is 0.0441. The van der Waals surface area contributed by atoms with Crippen molar-refractivity contribution in [3.63, 3.8) is 0 Å². The molecule has 1 aromatic carbocycles. The van der Waals surface area contributed by atoms with Crippen LogP contribution in [-0.4, -0.2) is 26.8 Å². The number of aryl methyl sites for hydroxylation is 1. The third-order valence-corrected chi connectivity index (χ3v) is 4.96. The molecule has 0 aliphatic heterocycles. The number of nitrogen functional groups attached to an aromatic ring is 1. The highest BCUT2D eigenvalue weighted by atomic mass is 19.1. The summed E-state index contributed by atoms with van der Waals surface area (Å²) in [6, 6.07) is 8.42. The molecule has 4 rings (SSSR count). The molecule has 3 aromatic rings. The molecule has 1 amide bonds. The van der Waals surface area contributed by atoms with Gasteiger partial charge >= 0.3 is 0 Å². The average Bonchev–Trinajstić information content (AvgIpc) is 3.40. The fourth-order valence-corrected chi connectivity index (χ4v) is 3.28. The number of aromatic nitrogens is 3. The molecule has 1 fully saturated rings. The first kappa shape index (κ1) is 21.4. The van der Waals surface area contributed by atoms with Crippen molar-refractivity contribution in [1.82, 2.24) is 14.8 Å². The van der Waals surface area contributed by atoms with E-state index in [2.05, 4.69) is 10.1 Å². The van der Waals surface area contributed by atoms with E-state index in [0.717, 1.165) is 24.0 Å². The van der Waals surface area contributed by atoms with E-state index in [0.29, 0.717) is 18.3 Å². The Hall–Kier alpha value is -3.26. The summed E-state index contributed by atoms with van der Waals surface area (Å²) in [6.07, 6.45) is 10.2. The fourth-order valence-electron chi connectivity index (χ4n) is 3.28. The number of hydrogen-bond donors (Lipinski definition) is 2. The first-order valence-electron chi connectivity index (χ1n) is 9.83. The van der Waals surface area contributed by atoms with E-state index >= 15 is 0 Å². The van der Waals surface area contributed by atoms with Gasteiger partial charge in [-0.1, -0.05) is 31.0 Å². The molecular weight excluding hydrogens is 385 g/mol. The molecule has 8 heteroatoms. The van der Waals surface area contributed by atoms with Crippen molar-refractivity contribution in [2.75, 3.05) is 5.73 Å². The van der Waals surface area contributed by atoms with Crippen LogP contribution < -0.4 is 11.5 Å². The molecule has 1 aliphatic carbocycles. The monoisotopic (exact) mass is 411 g/mol. The summed E-state index contributed by atoms with van der Waals surface area (Å²) >= 11 is 0. The molecule has 1 saturated carbocycles. The predicted octanol–water partition coefficient (Wildman–Crippen LogP) is 3.45. The number of pyridine rings is 1. The number of carbonyl (C=O) groups excluding carboxylic acids is 1. The van der Waals surface area contributed by atoms with Gasteiger partial charge in [0.1, 0.15) is 11.6 Å². The molecule has 0 atom stereocenters. The molecule has 2 heterocycles. The van der Waals surface area contributed by atoms with Gasteiger partial charge in [0, 0.05) is 36.1 Å². The van der Waals surface area contributed by atoms with Gasteiger partial charge in [-0.15, -0.1) is 0 Å². The maximum absolute atomic E-state index is 13.2. The van der Waals surface area contributed by atoms with Crippen molar-refractivity contribution in [2.45, 2.75) is 38.4 Å². The van der Waals surface area contributed by atoms with E-state index in [9.17, 15) is 9.18 Å². The Labute approximate surface area is 174 Å². The molecule has 4 N–H and O–H groups in total. The van der Waals surface area contributed by atoms with E-state index < -0.39 is 5.91 Å². The van der Waals surface area contributed by atoms with Crippen LogP contribution in [0, 0.1) is 5.82 Å². The van der Waals surface area contributed by atoms with Gasteiger partial charge in [-0.3, -0.25) is 9.48 Å². The average molecular weight is 411 g/mol. The second-order valence-corrected chi connectivity index (χ2v) is 7.23. The number of benzene rings is 1. The van der Waals surface area contributed by atoms with E-state index in [4.69, 9.17) is 16.2 Å². The van der Waals surface area contributed by atoms with Crippen molar-refractivity contribution < 1.29 is 13.9 Å². The van der Waals surface area contributed by atoms with Gasteiger partial charge in [0.15, 0.2) is 0 Å². The SMILES string of the molecule is Cn1cc(-c2cnc(N)c(C(N)=O)c2)cn1.Fc1ccccc1COC1CCCC1. The zero-order chi connectivity index (χ0) is 21.5. The molecule has 30 heavy (non-hydrogen) atoms.